The normalized spacial score (nSPS) is 17.0. The minimum absolute atomic E-state index is 0.0253. The number of para-hydroxylation sites is 1. The zero-order valence-corrected chi connectivity index (χ0v) is 14.7. The number of nitrogens with one attached hydrogen (secondary N) is 3. The van der Waals surface area contributed by atoms with E-state index in [0.717, 1.165) is 12.8 Å². The van der Waals surface area contributed by atoms with Crippen molar-refractivity contribution >= 4 is 17.6 Å². The molecule has 3 N–H and O–H groups in total. The number of carbonyl (C=O) groups is 2. The van der Waals surface area contributed by atoms with E-state index < -0.39 is 6.04 Å². The molecule has 0 unspecified atom stereocenters. The third-order valence-electron chi connectivity index (χ3n) is 4.47. The smallest absolute Gasteiger partial charge is 0.319 e. The highest BCUT2D eigenvalue weighted by molar-refractivity contribution is 5.93. The van der Waals surface area contributed by atoms with Gasteiger partial charge in [0.05, 0.1) is 0 Å². The van der Waals surface area contributed by atoms with Gasteiger partial charge in [0.1, 0.15) is 6.04 Å². The van der Waals surface area contributed by atoms with E-state index in [-0.39, 0.29) is 23.9 Å². The zero-order valence-electron chi connectivity index (χ0n) is 14.7. The second-order valence-corrected chi connectivity index (χ2v) is 6.88. The molecule has 1 aromatic carbocycles. The van der Waals surface area contributed by atoms with Crippen molar-refractivity contribution in [2.24, 2.45) is 5.92 Å². The first kappa shape index (κ1) is 18.3. The molecule has 0 saturated heterocycles. The topological polar surface area (TPSA) is 70.2 Å². The number of rotatable bonds is 5. The van der Waals surface area contributed by atoms with Crippen LogP contribution in [0.15, 0.2) is 30.3 Å². The SMILES string of the molecule is CC(C)[C@@H](NC(=O)Nc1ccccc1)C(=O)NC1CCCCCC1. The molecule has 1 aliphatic rings. The van der Waals surface area contributed by atoms with E-state index in [1.807, 2.05) is 44.2 Å². The first-order valence-electron chi connectivity index (χ1n) is 8.99. The van der Waals surface area contributed by atoms with Crippen LogP contribution in [-0.4, -0.2) is 24.0 Å². The summed E-state index contributed by atoms with van der Waals surface area (Å²) in [7, 11) is 0. The Balaban J connectivity index is 1.90. The first-order valence-corrected chi connectivity index (χ1v) is 8.99. The molecule has 24 heavy (non-hydrogen) atoms. The Morgan fingerprint density at radius 1 is 1.00 bits per heavy atom. The summed E-state index contributed by atoms with van der Waals surface area (Å²) in [6.07, 6.45) is 6.90. The number of amides is 3. The van der Waals surface area contributed by atoms with Crippen LogP contribution in [0.3, 0.4) is 0 Å². The lowest BCUT2D eigenvalue weighted by molar-refractivity contribution is -0.124. The summed E-state index contributed by atoms with van der Waals surface area (Å²) < 4.78 is 0. The van der Waals surface area contributed by atoms with Crippen molar-refractivity contribution in [2.75, 3.05) is 5.32 Å². The van der Waals surface area contributed by atoms with Crippen molar-refractivity contribution in [3.8, 4) is 0 Å². The van der Waals surface area contributed by atoms with E-state index in [2.05, 4.69) is 16.0 Å². The summed E-state index contributed by atoms with van der Waals surface area (Å²) in [5.41, 5.74) is 0.710. The van der Waals surface area contributed by atoms with Crippen LogP contribution in [0.2, 0.25) is 0 Å². The molecule has 5 nitrogen and oxygen atoms in total. The Hall–Kier alpha value is -2.04. The van der Waals surface area contributed by atoms with Crippen molar-refractivity contribution in [2.45, 2.75) is 64.5 Å². The molecule has 1 atom stereocenters. The number of hydrogen-bond acceptors (Lipinski definition) is 2. The Labute approximate surface area is 144 Å². The second-order valence-electron chi connectivity index (χ2n) is 6.88. The minimum Gasteiger partial charge on any atom is -0.352 e. The zero-order chi connectivity index (χ0) is 17.4. The average Bonchev–Trinajstić information content (AvgIpc) is 2.82. The number of urea groups is 1. The van der Waals surface area contributed by atoms with Gasteiger partial charge in [-0.3, -0.25) is 4.79 Å². The molecular formula is C19H29N3O2. The average molecular weight is 331 g/mol. The molecule has 0 bridgehead atoms. The molecule has 1 aliphatic carbocycles. The molecule has 0 aromatic heterocycles. The largest absolute Gasteiger partial charge is 0.352 e. The van der Waals surface area contributed by atoms with Crippen LogP contribution in [-0.2, 0) is 4.79 Å². The van der Waals surface area contributed by atoms with Crippen LogP contribution in [0.4, 0.5) is 10.5 Å². The van der Waals surface area contributed by atoms with Crippen LogP contribution in [0.1, 0.15) is 52.4 Å². The van der Waals surface area contributed by atoms with Gasteiger partial charge in [-0.05, 0) is 30.9 Å². The van der Waals surface area contributed by atoms with E-state index in [0.29, 0.717) is 5.69 Å². The number of anilines is 1. The highest BCUT2D eigenvalue weighted by Crippen LogP contribution is 2.17. The molecule has 0 heterocycles. The fourth-order valence-electron chi connectivity index (χ4n) is 3.08. The Kier molecular flexibility index (Phi) is 7.09. The maximum Gasteiger partial charge on any atom is 0.319 e. The van der Waals surface area contributed by atoms with Crippen LogP contribution in [0.5, 0.6) is 0 Å². The Bertz CT molecular complexity index is 523. The summed E-state index contributed by atoms with van der Waals surface area (Å²) in [5, 5.41) is 8.70. The molecule has 3 amide bonds. The summed E-state index contributed by atoms with van der Waals surface area (Å²) in [5.74, 6) is -0.0580. The van der Waals surface area contributed by atoms with Gasteiger partial charge in [-0.2, -0.15) is 0 Å². The standard InChI is InChI=1S/C19H29N3O2/c1-14(2)17(18(23)20-15-10-6-3-4-7-11-15)22-19(24)21-16-12-8-5-9-13-16/h5,8-9,12-15,17H,3-4,6-7,10-11H2,1-2H3,(H,20,23)(H2,21,22,24)/t17-/m1/s1. The van der Waals surface area contributed by atoms with Crippen LogP contribution in [0.25, 0.3) is 0 Å². The molecular weight excluding hydrogens is 302 g/mol. The predicted octanol–water partition coefficient (Wildman–Crippen LogP) is 3.67. The lowest BCUT2D eigenvalue weighted by Crippen LogP contribution is -2.53. The van der Waals surface area contributed by atoms with E-state index in [4.69, 9.17) is 0 Å². The molecule has 0 aliphatic heterocycles. The minimum atomic E-state index is -0.531. The van der Waals surface area contributed by atoms with Crippen molar-refractivity contribution < 1.29 is 9.59 Å². The fraction of sp³-hybridized carbons (Fsp3) is 0.579. The molecule has 5 heteroatoms. The molecule has 0 spiro atoms. The molecule has 1 fully saturated rings. The number of hydrogen-bond donors (Lipinski definition) is 3. The van der Waals surface area contributed by atoms with Gasteiger partial charge in [0.15, 0.2) is 0 Å². The molecule has 0 radical (unpaired) electrons. The quantitative estimate of drug-likeness (QED) is 0.720. The van der Waals surface area contributed by atoms with Crippen molar-refractivity contribution in [1.29, 1.82) is 0 Å². The number of carbonyl (C=O) groups excluding carboxylic acids is 2. The van der Waals surface area contributed by atoms with Gasteiger partial charge < -0.3 is 16.0 Å². The highest BCUT2D eigenvalue weighted by atomic mass is 16.2. The number of benzene rings is 1. The van der Waals surface area contributed by atoms with Crippen LogP contribution >= 0.6 is 0 Å². The van der Waals surface area contributed by atoms with Crippen molar-refractivity contribution in [1.82, 2.24) is 10.6 Å². The molecule has 132 valence electrons. The van der Waals surface area contributed by atoms with Gasteiger partial charge in [0.2, 0.25) is 5.91 Å². The monoisotopic (exact) mass is 331 g/mol. The van der Waals surface area contributed by atoms with Crippen molar-refractivity contribution in [3.63, 3.8) is 0 Å². The highest BCUT2D eigenvalue weighted by Gasteiger charge is 2.26. The van der Waals surface area contributed by atoms with Gasteiger partial charge in [-0.25, -0.2) is 4.79 Å². The van der Waals surface area contributed by atoms with Gasteiger partial charge >= 0.3 is 6.03 Å². The summed E-state index contributed by atoms with van der Waals surface area (Å²) in [6.45, 7) is 3.89. The molecule has 1 aromatic rings. The second kappa shape index (κ2) is 9.30. The lowest BCUT2D eigenvalue weighted by atomic mass is 10.0. The predicted molar refractivity (Wildman–Crippen MR) is 96.9 cm³/mol. The van der Waals surface area contributed by atoms with Crippen LogP contribution < -0.4 is 16.0 Å². The maximum atomic E-state index is 12.6. The van der Waals surface area contributed by atoms with Gasteiger partial charge in [-0.1, -0.05) is 57.7 Å². The maximum absolute atomic E-state index is 12.6. The van der Waals surface area contributed by atoms with E-state index in [1.165, 1.54) is 25.7 Å². The van der Waals surface area contributed by atoms with Gasteiger partial charge in [0, 0.05) is 11.7 Å². The summed E-state index contributed by atoms with van der Waals surface area (Å²) in [6, 6.07) is 8.58. The molecule has 1 saturated carbocycles. The van der Waals surface area contributed by atoms with Gasteiger partial charge in [-0.15, -0.1) is 0 Å². The Morgan fingerprint density at radius 2 is 1.62 bits per heavy atom. The third-order valence-corrected chi connectivity index (χ3v) is 4.47. The van der Waals surface area contributed by atoms with Crippen molar-refractivity contribution in [3.05, 3.63) is 30.3 Å². The summed E-state index contributed by atoms with van der Waals surface area (Å²) in [4.78, 5) is 24.8. The van der Waals surface area contributed by atoms with E-state index in [9.17, 15) is 9.59 Å². The summed E-state index contributed by atoms with van der Waals surface area (Å²) >= 11 is 0. The Morgan fingerprint density at radius 3 is 2.21 bits per heavy atom. The molecule has 2 rings (SSSR count). The lowest BCUT2D eigenvalue weighted by Gasteiger charge is -2.25. The van der Waals surface area contributed by atoms with E-state index >= 15 is 0 Å². The van der Waals surface area contributed by atoms with E-state index in [1.54, 1.807) is 0 Å². The first-order chi connectivity index (χ1) is 11.6. The van der Waals surface area contributed by atoms with Crippen LogP contribution in [0, 0.1) is 5.92 Å². The third kappa shape index (κ3) is 5.87. The fourth-order valence-corrected chi connectivity index (χ4v) is 3.08. The van der Waals surface area contributed by atoms with Gasteiger partial charge in [0.25, 0.3) is 0 Å².